The largest absolute Gasteiger partial charge is 0.489 e. The Bertz CT molecular complexity index is 824. The average Bonchev–Trinajstić information content (AvgIpc) is 2.63. The number of ether oxygens (including phenoxy) is 1. The van der Waals surface area contributed by atoms with E-state index in [0.717, 1.165) is 5.56 Å². The molecule has 3 aromatic rings. The number of aromatic nitrogens is 2. The maximum atomic E-state index is 11.9. The summed E-state index contributed by atoms with van der Waals surface area (Å²) in [6.45, 7) is 0.442. The fourth-order valence-electron chi connectivity index (χ4n) is 2.02. The number of nitrogens with zero attached hydrogens (tertiary/aromatic N) is 2. The number of hydrogen-bond donors (Lipinski definition) is 2. The lowest BCUT2D eigenvalue weighted by Crippen LogP contribution is -2.20. The second kappa shape index (κ2) is 8.12. The van der Waals surface area contributed by atoms with Crippen LogP contribution in [0, 0.1) is 0 Å². The molecule has 0 unspecified atom stereocenters. The maximum absolute atomic E-state index is 11.9. The maximum Gasteiger partial charge on any atom is 0.324 e. The van der Waals surface area contributed by atoms with Gasteiger partial charge in [-0.2, -0.15) is 0 Å². The Hall–Kier alpha value is -3.12. The molecule has 2 N–H and O–H groups in total. The monoisotopic (exact) mass is 354 g/mol. The lowest BCUT2D eigenvalue weighted by molar-refractivity contribution is 0.262. The number of benzene rings is 2. The number of nitrogens with one attached hydrogen (secondary N) is 2. The number of rotatable bonds is 5. The fraction of sp³-hybridized carbons (Fsp3) is 0.0556. The zero-order valence-electron chi connectivity index (χ0n) is 13.1. The normalized spacial score (nSPS) is 10.1. The van der Waals surface area contributed by atoms with Gasteiger partial charge < -0.3 is 10.1 Å². The van der Waals surface area contributed by atoms with Crippen LogP contribution in [-0.2, 0) is 6.61 Å². The Kier molecular flexibility index (Phi) is 5.43. The topological polar surface area (TPSA) is 76.1 Å². The first kappa shape index (κ1) is 16.7. The number of halogens is 1. The first-order chi connectivity index (χ1) is 12.2. The van der Waals surface area contributed by atoms with Crippen molar-refractivity contribution in [2.45, 2.75) is 6.61 Å². The van der Waals surface area contributed by atoms with Crippen LogP contribution in [0.1, 0.15) is 5.56 Å². The molecular weight excluding hydrogens is 340 g/mol. The molecule has 6 nitrogen and oxygen atoms in total. The molecule has 2 aromatic carbocycles. The number of carbonyl (C=O) groups excluding carboxylic acids is 1. The first-order valence-electron chi connectivity index (χ1n) is 7.50. The minimum absolute atomic E-state index is 0.378. The molecule has 0 bridgehead atoms. The van der Waals surface area contributed by atoms with Crippen molar-refractivity contribution in [1.29, 1.82) is 0 Å². The standard InChI is InChI=1S/C18H15ClN4O2/c19-14-3-1-13(2-4-14)12-25-16-7-5-15(6-8-16)22-18(24)23-17-11-20-9-10-21-17/h1-11H,12H2,(H2,21,22,23,24). The predicted octanol–water partition coefficient (Wildman–Crippen LogP) is 4.35. The summed E-state index contributed by atoms with van der Waals surface area (Å²) in [7, 11) is 0. The highest BCUT2D eigenvalue weighted by Crippen LogP contribution is 2.18. The highest BCUT2D eigenvalue weighted by molar-refractivity contribution is 6.30. The third kappa shape index (κ3) is 5.19. The van der Waals surface area contributed by atoms with Crippen LogP contribution in [-0.4, -0.2) is 16.0 Å². The number of hydrogen-bond acceptors (Lipinski definition) is 4. The van der Waals surface area contributed by atoms with Gasteiger partial charge in [0.05, 0.1) is 6.20 Å². The Morgan fingerprint density at radius 2 is 1.76 bits per heavy atom. The molecule has 25 heavy (non-hydrogen) atoms. The number of carbonyl (C=O) groups is 1. The number of anilines is 2. The second-order valence-electron chi connectivity index (χ2n) is 5.11. The first-order valence-corrected chi connectivity index (χ1v) is 7.88. The van der Waals surface area contributed by atoms with E-state index in [0.29, 0.717) is 28.9 Å². The van der Waals surface area contributed by atoms with Gasteiger partial charge in [0.2, 0.25) is 0 Å². The van der Waals surface area contributed by atoms with E-state index < -0.39 is 6.03 Å². The zero-order chi connectivity index (χ0) is 17.5. The molecular formula is C18H15ClN4O2. The van der Waals surface area contributed by atoms with Gasteiger partial charge in [0, 0.05) is 23.1 Å². The van der Waals surface area contributed by atoms with Gasteiger partial charge >= 0.3 is 6.03 Å². The SMILES string of the molecule is O=C(Nc1ccc(OCc2ccc(Cl)cc2)cc1)Nc1cnccn1. The molecule has 2 amide bonds. The minimum atomic E-state index is -0.393. The highest BCUT2D eigenvalue weighted by Gasteiger charge is 2.04. The minimum Gasteiger partial charge on any atom is -0.489 e. The van der Waals surface area contributed by atoms with Crippen molar-refractivity contribution < 1.29 is 9.53 Å². The summed E-state index contributed by atoms with van der Waals surface area (Å²) in [5.41, 5.74) is 1.66. The van der Waals surface area contributed by atoms with Gasteiger partial charge in [-0.3, -0.25) is 10.3 Å². The van der Waals surface area contributed by atoms with E-state index in [9.17, 15) is 4.79 Å². The summed E-state index contributed by atoms with van der Waals surface area (Å²) in [4.78, 5) is 19.7. The summed E-state index contributed by atoms with van der Waals surface area (Å²) in [5.74, 6) is 1.08. The van der Waals surface area contributed by atoms with Gasteiger partial charge in [-0.05, 0) is 42.0 Å². The Morgan fingerprint density at radius 1 is 1.00 bits per heavy atom. The smallest absolute Gasteiger partial charge is 0.324 e. The van der Waals surface area contributed by atoms with E-state index in [2.05, 4.69) is 20.6 Å². The number of amides is 2. The Balaban J connectivity index is 1.51. The molecule has 0 atom stereocenters. The third-order valence-corrected chi connectivity index (χ3v) is 3.49. The molecule has 1 aromatic heterocycles. The third-order valence-electron chi connectivity index (χ3n) is 3.24. The van der Waals surface area contributed by atoms with Gasteiger partial charge in [-0.1, -0.05) is 23.7 Å². The van der Waals surface area contributed by atoms with Gasteiger partial charge in [-0.25, -0.2) is 9.78 Å². The van der Waals surface area contributed by atoms with Crippen LogP contribution in [0.25, 0.3) is 0 Å². The lowest BCUT2D eigenvalue weighted by Gasteiger charge is -2.09. The fourth-order valence-corrected chi connectivity index (χ4v) is 2.15. The zero-order valence-corrected chi connectivity index (χ0v) is 13.9. The molecule has 3 rings (SSSR count). The van der Waals surface area contributed by atoms with Crippen molar-refractivity contribution in [3.63, 3.8) is 0 Å². The second-order valence-corrected chi connectivity index (χ2v) is 5.55. The van der Waals surface area contributed by atoms with Crippen LogP contribution in [0.4, 0.5) is 16.3 Å². The summed E-state index contributed by atoms with van der Waals surface area (Å²) in [6.07, 6.45) is 4.50. The van der Waals surface area contributed by atoms with Gasteiger partial charge in [-0.15, -0.1) is 0 Å². The van der Waals surface area contributed by atoms with Crippen LogP contribution in [0.2, 0.25) is 5.02 Å². The molecule has 1 heterocycles. The Labute approximate surface area is 149 Å². The van der Waals surface area contributed by atoms with E-state index >= 15 is 0 Å². The molecule has 0 spiro atoms. The molecule has 0 aliphatic rings. The molecule has 126 valence electrons. The summed E-state index contributed by atoms with van der Waals surface area (Å²) >= 11 is 5.85. The van der Waals surface area contributed by atoms with Crippen molar-refractivity contribution >= 4 is 29.1 Å². The van der Waals surface area contributed by atoms with Crippen LogP contribution in [0.15, 0.2) is 67.1 Å². The predicted molar refractivity (Wildman–Crippen MR) is 96.9 cm³/mol. The van der Waals surface area contributed by atoms with E-state index in [-0.39, 0.29) is 0 Å². The quantitative estimate of drug-likeness (QED) is 0.714. The Morgan fingerprint density at radius 3 is 2.44 bits per heavy atom. The summed E-state index contributed by atoms with van der Waals surface area (Å²) in [6, 6.07) is 14.2. The molecule has 7 heteroatoms. The van der Waals surface area contributed by atoms with Crippen LogP contribution < -0.4 is 15.4 Å². The van der Waals surface area contributed by atoms with Crippen LogP contribution in [0.5, 0.6) is 5.75 Å². The lowest BCUT2D eigenvalue weighted by atomic mass is 10.2. The van der Waals surface area contributed by atoms with Gasteiger partial charge in [0.15, 0.2) is 5.82 Å². The molecule has 0 fully saturated rings. The highest BCUT2D eigenvalue weighted by atomic mass is 35.5. The van der Waals surface area contributed by atoms with Crippen molar-refractivity contribution in [3.8, 4) is 5.75 Å². The van der Waals surface area contributed by atoms with E-state index in [1.54, 1.807) is 24.3 Å². The molecule has 0 radical (unpaired) electrons. The van der Waals surface area contributed by atoms with Gasteiger partial charge in [0.25, 0.3) is 0 Å². The van der Waals surface area contributed by atoms with Gasteiger partial charge in [0.1, 0.15) is 12.4 Å². The summed E-state index contributed by atoms with van der Waals surface area (Å²) in [5, 5.41) is 5.99. The average molecular weight is 355 g/mol. The van der Waals surface area contributed by atoms with Crippen molar-refractivity contribution in [2.75, 3.05) is 10.6 Å². The van der Waals surface area contributed by atoms with Crippen LogP contribution >= 0.6 is 11.6 Å². The molecule has 0 aliphatic carbocycles. The van der Waals surface area contributed by atoms with Crippen molar-refractivity contribution in [3.05, 3.63) is 77.7 Å². The van der Waals surface area contributed by atoms with E-state index in [4.69, 9.17) is 16.3 Å². The van der Waals surface area contributed by atoms with Crippen molar-refractivity contribution in [2.24, 2.45) is 0 Å². The number of urea groups is 1. The van der Waals surface area contributed by atoms with E-state index in [1.165, 1.54) is 18.6 Å². The van der Waals surface area contributed by atoms with E-state index in [1.807, 2.05) is 24.3 Å². The van der Waals surface area contributed by atoms with Crippen molar-refractivity contribution in [1.82, 2.24) is 9.97 Å². The summed E-state index contributed by atoms with van der Waals surface area (Å²) < 4.78 is 5.70. The molecule has 0 saturated heterocycles. The molecule has 0 aliphatic heterocycles. The molecule has 0 saturated carbocycles. The van der Waals surface area contributed by atoms with Crippen LogP contribution in [0.3, 0.4) is 0 Å².